The highest BCUT2D eigenvalue weighted by molar-refractivity contribution is 7.89. The average molecular weight is 471 g/mol. The van der Waals surface area contributed by atoms with Crippen LogP contribution in [-0.2, 0) is 14.8 Å². The second kappa shape index (κ2) is 11.1. The number of hydrogen-bond donors (Lipinski definition) is 3. The van der Waals surface area contributed by atoms with Crippen LogP contribution in [-0.4, -0.2) is 45.9 Å². The largest absolute Gasteiger partial charge is 0.371 e. The predicted molar refractivity (Wildman–Crippen MR) is 130 cm³/mol. The summed E-state index contributed by atoms with van der Waals surface area (Å²) in [6.45, 7) is 7.34. The summed E-state index contributed by atoms with van der Waals surface area (Å²) in [5, 5.41) is 5.64. The molecule has 3 rings (SSSR count). The van der Waals surface area contributed by atoms with Gasteiger partial charge in [0.1, 0.15) is 0 Å². The Bertz CT molecular complexity index is 1110. The molecule has 0 bridgehead atoms. The first-order chi connectivity index (χ1) is 15.8. The van der Waals surface area contributed by atoms with E-state index >= 15 is 0 Å². The van der Waals surface area contributed by atoms with E-state index in [1.165, 1.54) is 43.2 Å². The van der Waals surface area contributed by atoms with E-state index in [1.54, 1.807) is 6.92 Å². The molecule has 1 fully saturated rings. The minimum Gasteiger partial charge on any atom is -0.371 e. The monoisotopic (exact) mass is 470 g/mol. The third-order valence-electron chi connectivity index (χ3n) is 5.29. The van der Waals surface area contributed by atoms with Gasteiger partial charge in [0.05, 0.1) is 4.90 Å². The lowest BCUT2D eigenvalue weighted by atomic mass is 10.1. The van der Waals surface area contributed by atoms with Crippen LogP contribution in [0.5, 0.6) is 0 Å². The normalized spacial score (nSPS) is 14.5. The van der Waals surface area contributed by atoms with Crippen LogP contribution >= 0.6 is 0 Å². The summed E-state index contributed by atoms with van der Waals surface area (Å²) in [7, 11) is -3.74. The molecule has 3 N–H and O–H groups in total. The van der Waals surface area contributed by atoms with Crippen molar-refractivity contribution in [2.45, 2.75) is 37.1 Å². The molecule has 176 valence electrons. The Hall–Kier alpha value is -3.17. The van der Waals surface area contributed by atoms with Gasteiger partial charge in [-0.2, -0.15) is 0 Å². The highest BCUT2D eigenvalue weighted by Gasteiger charge is 2.18. The lowest BCUT2D eigenvalue weighted by molar-refractivity contribution is -0.116. The van der Waals surface area contributed by atoms with Crippen LogP contribution in [0.1, 0.15) is 36.5 Å². The summed E-state index contributed by atoms with van der Waals surface area (Å²) in [6.07, 6.45) is 3.87. The Morgan fingerprint density at radius 2 is 1.85 bits per heavy atom. The van der Waals surface area contributed by atoms with E-state index in [0.717, 1.165) is 18.8 Å². The molecule has 0 radical (unpaired) electrons. The molecule has 0 aromatic heterocycles. The van der Waals surface area contributed by atoms with Gasteiger partial charge in [0.15, 0.2) is 0 Å². The number of nitrogens with one attached hydrogen (secondary N) is 3. The van der Waals surface area contributed by atoms with Crippen LogP contribution in [0.4, 0.5) is 11.4 Å². The average Bonchev–Trinajstić information content (AvgIpc) is 3.33. The molecule has 33 heavy (non-hydrogen) atoms. The minimum atomic E-state index is -3.74. The predicted octanol–water partition coefficient (Wildman–Crippen LogP) is 2.90. The van der Waals surface area contributed by atoms with Crippen LogP contribution in [0.3, 0.4) is 0 Å². The van der Waals surface area contributed by atoms with E-state index in [-0.39, 0.29) is 29.3 Å². The number of rotatable bonds is 10. The maximum atomic E-state index is 12.6. The van der Waals surface area contributed by atoms with Crippen molar-refractivity contribution in [3.05, 3.63) is 66.7 Å². The summed E-state index contributed by atoms with van der Waals surface area (Å²) in [5.41, 5.74) is 2.00. The van der Waals surface area contributed by atoms with Gasteiger partial charge in [-0.15, -0.1) is 6.58 Å². The van der Waals surface area contributed by atoms with Crippen molar-refractivity contribution in [1.29, 1.82) is 0 Å². The lowest BCUT2D eigenvalue weighted by Gasteiger charge is -2.19. The van der Waals surface area contributed by atoms with Gasteiger partial charge in [0.2, 0.25) is 15.9 Å². The Morgan fingerprint density at radius 3 is 2.58 bits per heavy atom. The number of carbonyl (C=O) groups excluding carboxylic acids is 2. The Labute approximate surface area is 195 Å². The van der Waals surface area contributed by atoms with Crippen molar-refractivity contribution < 1.29 is 18.0 Å². The lowest BCUT2D eigenvalue weighted by Crippen LogP contribution is -2.35. The molecule has 0 aliphatic carbocycles. The molecule has 0 spiro atoms. The molecule has 1 aliphatic rings. The van der Waals surface area contributed by atoms with E-state index in [1.807, 2.05) is 24.3 Å². The van der Waals surface area contributed by atoms with E-state index < -0.39 is 22.0 Å². The topological polar surface area (TPSA) is 108 Å². The fraction of sp³-hybridized carbons (Fsp3) is 0.333. The second-order valence-corrected chi connectivity index (χ2v) is 9.81. The second-order valence-electron chi connectivity index (χ2n) is 8.04. The molecule has 1 atom stereocenters. The zero-order chi connectivity index (χ0) is 23.8. The molecule has 0 saturated carbocycles. The zero-order valence-corrected chi connectivity index (χ0v) is 19.5. The van der Waals surface area contributed by atoms with Crippen LogP contribution in [0.15, 0.2) is 66.1 Å². The van der Waals surface area contributed by atoms with E-state index in [4.69, 9.17) is 0 Å². The van der Waals surface area contributed by atoms with Gasteiger partial charge < -0.3 is 15.5 Å². The number of amides is 2. The molecule has 1 aliphatic heterocycles. The number of nitrogens with zero attached hydrogens (tertiary/aromatic N) is 1. The quantitative estimate of drug-likeness (QED) is 0.463. The van der Waals surface area contributed by atoms with Crippen LogP contribution in [0.2, 0.25) is 0 Å². The fourth-order valence-corrected chi connectivity index (χ4v) is 4.70. The fourth-order valence-electron chi connectivity index (χ4n) is 3.66. The van der Waals surface area contributed by atoms with E-state index in [2.05, 4.69) is 26.8 Å². The van der Waals surface area contributed by atoms with E-state index in [9.17, 15) is 18.0 Å². The molecule has 1 saturated heterocycles. The number of benzene rings is 2. The molecule has 2 aromatic rings. The number of anilines is 2. The van der Waals surface area contributed by atoms with Gasteiger partial charge in [0, 0.05) is 49.0 Å². The molecular formula is C24H30N4O4S. The minimum absolute atomic E-state index is 0.0136. The van der Waals surface area contributed by atoms with Gasteiger partial charge in [-0.3, -0.25) is 9.59 Å². The Kier molecular flexibility index (Phi) is 8.24. The van der Waals surface area contributed by atoms with Crippen LogP contribution in [0.25, 0.3) is 0 Å². The first kappa shape index (κ1) is 24.5. The van der Waals surface area contributed by atoms with Crippen molar-refractivity contribution >= 4 is 33.2 Å². The van der Waals surface area contributed by atoms with Crippen molar-refractivity contribution in [3.63, 3.8) is 0 Å². The number of hydrogen-bond acceptors (Lipinski definition) is 5. The summed E-state index contributed by atoms with van der Waals surface area (Å²) in [4.78, 5) is 27.4. The van der Waals surface area contributed by atoms with Crippen molar-refractivity contribution in [1.82, 2.24) is 10.0 Å². The summed E-state index contributed by atoms with van der Waals surface area (Å²) >= 11 is 0. The highest BCUT2D eigenvalue weighted by atomic mass is 32.2. The SMILES string of the molecule is C=CCNS(=O)(=O)c1cccc(C(=O)NC(C)CC(=O)Nc2cccc(N3CCCC3)c2)c1. The van der Waals surface area contributed by atoms with Gasteiger partial charge >= 0.3 is 0 Å². The maximum absolute atomic E-state index is 12.6. The third-order valence-corrected chi connectivity index (χ3v) is 6.72. The maximum Gasteiger partial charge on any atom is 0.251 e. The molecule has 9 heteroatoms. The smallest absolute Gasteiger partial charge is 0.251 e. The summed E-state index contributed by atoms with van der Waals surface area (Å²) in [6, 6.07) is 13.0. The zero-order valence-electron chi connectivity index (χ0n) is 18.7. The first-order valence-electron chi connectivity index (χ1n) is 10.9. The first-order valence-corrected chi connectivity index (χ1v) is 12.4. The van der Waals surface area contributed by atoms with Gasteiger partial charge in [-0.25, -0.2) is 13.1 Å². The third kappa shape index (κ3) is 6.90. The van der Waals surface area contributed by atoms with E-state index in [0.29, 0.717) is 5.69 Å². The molecule has 1 heterocycles. The molecule has 8 nitrogen and oxygen atoms in total. The molecule has 2 aromatic carbocycles. The Morgan fingerprint density at radius 1 is 1.12 bits per heavy atom. The van der Waals surface area contributed by atoms with Crippen molar-refractivity contribution in [2.75, 3.05) is 29.9 Å². The standard InChI is InChI=1S/C24H30N4O4S/c1-3-12-25-33(31,32)22-11-6-8-19(16-22)24(30)26-18(2)15-23(29)27-20-9-7-10-21(17-20)28-13-4-5-14-28/h3,6-11,16-18,25H,1,4-5,12-15H2,2H3,(H,26,30)(H,27,29). The number of carbonyl (C=O) groups is 2. The summed E-state index contributed by atoms with van der Waals surface area (Å²) < 4.78 is 26.9. The van der Waals surface area contributed by atoms with Gasteiger partial charge in [-0.1, -0.05) is 18.2 Å². The summed E-state index contributed by atoms with van der Waals surface area (Å²) in [5.74, 6) is -0.668. The Balaban J connectivity index is 1.56. The molecule has 2 amide bonds. The van der Waals surface area contributed by atoms with Gasteiger partial charge in [-0.05, 0) is 56.2 Å². The van der Waals surface area contributed by atoms with Crippen molar-refractivity contribution in [3.8, 4) is 0 Å². The number of sulfonamides is 1. The highest BCUT2D eigenvalue weighted by Crippen LogP contribution is 2.23. The van der Waals surface area contributed by atoms with Crippen LogP contribution in [0, 0.1) is 0 Å². The van der Waals surface area contributed by atoms with Gasteiger partial charge in [0.25, 0.3) is 5.91 Å². The molecule has 1 unspecified atom stereocenters. The van der Waals surface area contributed by atoms with Crippen LogP contribution < -0.4 is 20.3 Å². The van der Waals surface area contributed by atoms with Crippen molar-refractivity contribution in [2.24, 2.45) is 0 Å². The molecular weight excluding hydrogens is 440 g/mol.